The molecule has 0 radical (unpaired) electrons. The first-order valence-electron chi connectivity index (χ1n) is 6.59. The number of likely N-dealkylation sites (N-methyl/N-ethyl adjacent to an activating group) is 1. The molecule has 0 N–H and O–H groups in total. The molecule has 1 aliphatic rings. The van der Waals surface area contributed by atoms with Crippen LogP contribution in [0.5, 0.6) is 0 Å². The summed E-state index contributed by atoms with van der Waals surface area (Å²) in [5, 5.41) is 3.87. The van der Waals surface area contributed by atoms with Crippen LogP contribution in [0.4, 0.5) is 0 Å². The van der Waals surface area contributed by atoms with Crippen molar-refractivity contribution in [2.45, 2.75) is 25.8 Å². The Kier molecular flexibility index (Phi) is 3.92. The van der Waals surface area contributed by atoms with Gasteiger partial charge in [-0.05, 0) is 12.0 Å². The molecule has 0 aliphatic carbocycles. The smallest absolute Gasteiger partial charge is 0.292 e. The maximum absolute atomic E-state index is 12.1. The number of hydrogen-bond acceptors (Lipinski definition) is 4. The Morgan fingerprint density at radius 2 is 2.20 bits per heavy atom. The Morgan fingerprint density at radius 3 is 2.70 bits per heavy atom. The lowest BCUT2D eigenvalue weighted by atomic mass is 10.1. The lowest BCUT2D eigenvalue weighted by Gasteiger charge is -2.43. The molecule has 108 valence electrons. The van der Waals surface area contributed by atoms with E-state index in [4.69, 9.17) is 4.52 Å². The van der Waals surface area contributed by atoms with Crippen LogP contribution < -0.4 is 0 Å². The van der Waals surface area contributed by atoms with Crippen LogP contribution in [-0.2, 0) is 4.79 Å². The number of hydrogen-bond donors (Lipinski definition) is 0. The second-order valence-electron chi connectivity index (χ2n) is 5.29. The van der Waals surface area contributed by atoms with Gasteiger partial charge in [0, 0.05) is 26.2 Å². The van der Waals surface area contributed by atoms with Gasteiger partial charge in [0.1, 0.15) is 0 Å². The molecule has 0 bridgehead atoms. The predicted molar refractivity (Wildman–Crippen MR) is 73.3 cm³/mol. The number of amides is 2. The minimum Gasteiger partial charge on any atom is -0.351 e. The molecule has 0 saturated carbocycles. The van der Waals surface area contributed by atoms with Crippen LogP contribution >= 0.6 is 0 Å². The van der Waals surface area contributed by atoms with Gasteiger partial charge in [0.25, 0.3) is 5.91 Å². The number of likely N-dealkylation sites (tertiary alicyclic amines) is 1. The first-order valence-corrected chi connectivity index (χ1v) is 6.59. The van der Waals surface area contributed by atoms with Crippen molar-refractivity contribution in [1.82, 2.24) is 15.0 Å². The molecule has 6 nitrogen and oxygen atoms in total. The van der Waals surface area contributed by atoms with E-state index >= 15 is 0 Å². The maximum atomic E-state index is 12.1. The molecule has 0 unspecified atom stereocenters. The van der Waals surface area contributed by atoms with Crippen LogP contribution in [0.15, 0.2) is 23.2 Å². The third-order valence-electron chi connectivity index (χ3n) is 3.55. The normalized spacial score (nSPS) is 15.1. The van der Waals surface area contributed by atoms with E-state index in [1.165, 1.54) is 6.08 Å². The highest BCUT2D eigenvalue weighted by atomic mass is 16.5. The summed E-state index contributed by atoms with van der Waals surface area (Å²) >= 11 is 0. The van der Waals surface area contributed by atoms with Gasteiger partial charge in [-0.25, -0.2) is 0 Å². The first-order chi connectivity index (χ1) is 9.43. The summed E-state index contributed by atoms with van der Waals surface area (Å²) in [4.78, 5) is 26.8. The summed E-state index contributed by atoms with van der Waals surface area (Å²) in [5.74, 6) is 0.162. The van der Waals surface area contributed by atoms with Gasteiger partial charge in [-0.1, -0.05) is 25.6 Å². The SMILES string of the molecule is C=CC(=O)N(C)C1CN(C(=O)c2cc(C(C)C)no2)C1. The van der Waals surface area contributed by atoms with E-state index in [9.17, 15) is 9.59 Å². The Hall–Kier alpha value is -2.11. The molecule has 2 rings (SSSR count). The molecule has 1 aliphatic heterocycles. The van der Waals surface area contributed by atoms with Crippen molar-refractivity contribution in [1.29, 1.82) is 0 Å². The van der Waals surface area contributed by atoms with E-state index in [0.717, 1.165) is 5.69 Å². The maximum Gasteiger partial charge on any atom is 0.292 e. The van der Waals surface area contributed by atoms with E-state index < -0.39 is 0 Å². The third-order valence-corrected chi connectivity index (χ3v) is 3.55. The highest BCUT2D eigenvalue weighted by Crippen LogP contribution is 2.20. The van der Waals surface area contributed by atoms with Crippen molar-refractivity contribution < 1.29 is 14.1 Å². The molecule has 1 aromatic rings. The molecule has 2 amide bonds. The summed E-state index contributed by atoms with van der Waals surface area (Å²) in [5.41, 5.74) is 0.768. The van der Waals surface area contributed by atoms with Crippen LogP contribution in [0.1, 0.15) is 36.0 Å². The van der Waals surface area contributed by atoms with Crippen molar-refractivity contribution >= 4 is 11.8 Å². The van der Waals surface area contributed by atoms with E-state index in [-0.39, 0.29) is 29.5 Å². The molecule has 1 fully saturated rings. The molecule has 6 heteroatoms. The molecule has 20 heavy (non-hydrogen) atoms. The van der Waals surface area contributed by atoms with E-state index in [0.29, 0.717) is 13.1 Å². The monoisotopic (exact) mass is 277 g/mol. The van der Waals surface area contributed by atoms with Gasteiger partial charge in [0.15, 0.2) is 0 Å². The van der Waals surface area contributed by atoms with Crippen LogP contribution in [0, 0.1) is 0 Å². The number of carbonyl (C=O) groups is 2. The Bertz CT molecular complexity index is 530. The average Bonchev–Trinajstić information content (AvgIpc) is 2.85. The fraction of sp³-hybridized carbons (Fsp3) is 0.500. The molecule has 0 atom stereocenters. The van der Waals surface area contributed by atoms with Crippen molar-refractivity contribution in [3.05, 3.63) is 30.2 Å². The number of nitrogens with zero attached hydrogens (tertiary/aromatic N) is 3. The zero-order valence-corrected chi connectivity index (χ0v) is 12.0. The Labute approximate surface area is 118 Å². The second kappa shape index (κ2) is 5.48. The standard InChI is InChI=1S/C14H19N3O3/c1-5-13(18)16(4)10-7-17(8-10)14(19)12-6-11(9(2)3)15-20-12/h5-6,9-10H,1,7-8H2,2-4H3. The zero-order chi connectivity index (χ0) is 14.9. The van der Waals surface area contributed by atoms with Crippen molar-refractivity contribution in [2.24, 2.45) is 0 Å². The molecular formula is C14H19N3O3. The van der Waals surface area contributed by atoms with Crippen molar-refractivity contribution in [3.63, 3.8) is 0 Å². The minimum atomic E-state index is -0.180. The summed E-state index contributed by atoms with van der Waals surface area (Å²) in [6, 6.07) is 1.72. The zero-order valence-electron chi connectivity index (χ0n) is 12.0. The highest BCUT2D eigenvalue weighted by Gasteiger charge is 2.36. The molecule has 0 aromatic carbocycles. The fourth-order valence-electron chi connectivity index (χ4n) is 2.01. The lowest BCUT2D eigenvalue weighted by Crippen LogP contribution is -2.61. The quantitative estimate of drug-likeness (QED) is 0.777. The van der Waals surface area contributed by atoms with E-state index in [1.807, 2.05) is 13.8 Å². The van der Waals surface area contributed by atoms with Gasteiger partial charge >= 0.3 is 0 Å². The molecule has 2 heterocycles. The summed E-state index contributed by atoms with van der Waals surface area (Å²) in [7, 11) is 1.71. The molecular weight excluding hydrogens is 258 g/mol. The Balaban J connectivity index is 1.93. The van der Waals surface area contributed by atoms with Crippen molar-refractivity contribution in [3.8, 4) is 0 Å². The summed E-state index contributed by atoms with van der Waals surface area (Å²) in [6.45, 7) is 8.44. The summed E-state index contributed by atoms with van der Waals surface area (Å²) < 4.78 is 5.07. The number of aromatic nitrogens is 1. The van der Waals surface area contributed by atoms with E-state index in [1.54, 1.807) is 22.9 Å². The molecule has 1 aromatic heterocycles. The third kappa shape index (κ3) is 2.59. The highest BCUT2D eigenvalue weighted by molar-refractivity contribution is 5.92. The van der Waals surface area contributed by atoms with Gasteiger partial charge in [-0.15, -0.1) is 0 Å². The minimum absolute atomic E-state index is 0.0388. The van der Waals surface area contributed by atoms with E-state index in [2.05, 4.69) is 11.7 Å². The number of carbonyl (C=O) groups excluding carboxylic acids is 2. The molecule has 1 saturated heterocycles. The van der Waals surface area contributed by atoms with Gasteiger partial charge in [0.2, 0.25) is 11.7 Å². The van der Waals surface area contributed by atoms with Crippen LogP contribution in [-0.4, -0.2) is 52.9 Å². The van der Waals surface area contributed by atoms with Gasteiger partial charge in [-0.2, -0.15) is 0 Å². The van der Waals surface area contributed by atoms with Crippen LogP contribution in [0.3, 0.4) is 0 Å². The van der Waals surface area contributed by atoms with Crippen LogP contribution in [0.2, 0.25) is 0 Å². The van der Waals surface area contributed by atoms with Gasteiger partial charge < -0.3 is 14.3 Å². The number of rotatable bonds is 4. The second-order valence-corrected chi connectivity index (χ2v) is 5.29. The topological polar surface area (TPSA) is 66.7 Å². The predicted octanol–water partition coefficient (Wildman–Crippen LogP) is 1.27. The van der Waals surface area contributed by atoms with Gasteiger partial charge in [0.05, 0.1) is 11.7 Å². The Morgan fingerprint density at radius 1 is 1.55 bits per heavy atom. The fourth-order valence-corrected chi connectivity index (χ4v) is 2.01. The molecule has 0 spiro atoms. The largest absolute Gasteiger partial charge is 0.351 e. The lowest BCUT2D eigenvalue weighted by molar-refractivity contribution is -0.129. The van der Waals surface area contributed by atoms with Gasteiger partial charge in [-0.3, -0.25) is 9.59 Å². The van der Waals surface area contributed by atoms with Crippen LogP contribution in [0.25, 0.3) is 0 Å². The first kappa shape index (κ1) is 14.3. The van der Waals surface area contributed by atoms with Crippen molar-refractivity contribution in [2.75, 3.05) is 20.1 Å². The average molecular weight is 277 g/mol. The summed E-state index contributed by atoms with van der Waals surface area (Å²) in [6.07, 6.45) is 1.27.